The maximum Gasteiger partial charge on any atom is 0.254 e. The maximum absolute atomic E-state index is 13.4. The van der Waals surface area contributed by atoms with Crippen molar-refractivity contribution < 1.29 is 13.6 Å². The van der Waals surface area contributed by atoms with E-state index in [1.165, 1.54) is 0 Å². The molecule has 100 valence electrons. The number of benzene rings is 2. The molecule has 0 spiro atoms. The van der Waals surface area contributed by atoms with Crippen molar-refractivity contribution in [3.05, 3.63) is 70.8 Å². The molecule has 0 radical (unpaired) electrons. The Bertz CT molecular complexity index is 693. The highest BCUT2D eigenvalue weighted by molar-refractivity contribution is 5.94. The molecule has 0 atom stereocenters. The number of rotatable bonds is 3. The Labute approximate surface area is 114 Å². The van der Waals surface area contributed by atoms with Crippen molar-refractivity contribution in [2.45, 2.75) is 6.54 Å². The Hall–Kier alpha value is -2.74. The molecule has 0 saturated carbocycles. The van der Waals surface area contributed by atoms with Crippen molar-refractivity contribution in [2.24, 2.45) is 0 Å². The number of halogens is 2. The summed E-state index contributed by atoms with van der Waals surface area (Å²) in [6.07, 6.45) is 0. The molecule has 2 rings (SSSR count). The number of nitrogens with one attached hydrogen (secondary N) is 1. The van der Waals surface area contributed by atoms with Crippen LogP contribution in [-0.2, 0) is 6.54 Å². The molecule has 0 aliphatic carbocycles. The fourth-order valence-corrected chi connectivity index (χ4v) is 1.70. The lowest BCUT2D eigenvalue weighted by atomic mass is 10.1. The van der Waals surface area contributed by atoms with Gasteiger partial charge in [0.1, 0.15) is 11.6 Å². The van der Waals surface area contributed by atoms with Crippen LogP contribution in [0.15, 0.2) is 42.5 Å². The standard InChI is InChI=1S/C15H10F2N2O/c16-12-4-5-14(17)13(7-12)15(20)19-9-11-3-1-2-10(6-11)8-18/h1-7H,9H2,(H,19,20). The van der Waals surface area contributed by atoms with Crippen molar-refractivity contribution in [2.75, 3.05) is 0 Å². The van der Waals surface area contributed by atoms with Gasteiger partial charge in [0.25, 0.3) is 5.91 Å². The smallest absolute Gasteiger partial charge is 0.254 e. The fraction of sp³-hybridized carbons (Fsp3) is 0.0667. The average molecular weight is 272 g/mol. The van der Waals surface area contributed by atoms with Gasteiger partial charge in [0.05, 0.1) is 17.2 Å². The minimum atomic E-state index is -0.783. The normalized spacial score (nSPS) is 9.85. The lowest BCUT2D eigenvalue weighted by Gasteiger charge is -2.06. The van der Waals surface area contributed by atoms with E-state index in [0.717, 1.165) is 18.2 Å². The van der Waals surface area contributed by atoms with Crippen molar-refractivity contribution in [1.82, 2.24) is 5.32 Å². The third-order valence-corrected chi connectivity index (χ3v) is 2.68. The van der Waals surface area contributed by atoms with Crippen LogP contribution in [0.4, 0.5) is 8.78 Å². The summed E-state index contributed by atoms with van der Waals surface area (Å²) in [5.74, 6) is -2.16. The first-order chi connectivity index (χ1) is 9.60. The van der Waals surface area contributed by atoms with Crippen LogP contribution in [0.1, 0.15) is 21.5 Å². The molecule has 0 unspecified atom stereocenters. The molecule has 1 amide bonds. The van der Waals surface area contributed by atoms with Gasteiger partial charge in [-0.25, -0.2) is 8.78 Å². The van der Waals surface area contributed by atoms with Crippen LogP contribution < -0.4 is 5.32 Å². The van der Waals surface area contributed by atoms with E-state index in [1.807, 2.05) is 6.07 Å². The molecule has 5 heteroatoms. The molecule has 2 aromatic carbocycles. The predicted molar refractivity (Wildman–Crippen MR) is 68.7 cm³/mol. The molecule has 0 heterocycles. The van der Waals surface area contributed by atoms with E-state index in [0.29, 0.717) is 11.1 Å². The molecule has 0 fully saturated rings. The van der Waals surface area contributed by atoms with Crippen LogP contribution in [0.5, 0.6) is 0 Å². The highest BCUT2D eigenvalue weighted by Crippen LogP contribution is 2.10. The highest BCUT2D eigenvalue weighted by atomic mass is 19.1. The molecule has 20 heavy (non-hydrogen) atoms. The molecule has 0 aliphatic rings. The van der Waals surface area contributed by atoms with Crippen LogP contribution in [0, 0.1) is 23.0 Å². The van der Waals surface area contributed by atoms with Crippen LogP contribution in [-0.4, -0.2) is 5.91 Å². The Morgan fingerprint density at radius 3 is 2.75 bits per heavy atom. The van der Waals surface area contributed by atoms with E-state index >= 15 is 0 Å². The Morgan fingerprint density at radius 2 is 2.00 bits per heavy atom. The van der Waals surface area contributed by atoms with Crippen LogP contribution in [0.3, 0.4) is 0 Å². The van der Waals surface area contributed by atoms with Crippen LogP contribution in [0.25, 0.3) is 0 Å². The summed E-state index contributed by atoms with van der Waals surface area (Å²) in [6.45, 7) is 0.129. The van der Waals surface area contributed by atoms with Crippen LogP contribution in [0.2, 0.25) is 0 Å². The van der Waals surface area contributed by atoms with Gasteiger partial charge in [-0.2, -0.15) is 5.26 Å². The fourth-order valence-electron chi connectivity index (χ4n) is 1.70. The van der Waals surface area contributed by atoms with E-state index < -0.39 is 17.5 Å². The first kappa shape index (κ1) is 13.7. The quantitative estimate of drug-likeness (QED) is 0.934. The third-order valence-electron chi connectivity index (χ3n) is 2.68. The minimum Gasteiger partial charge on any atom is -0.348 e. The van der Waals surface area contributed by atoms with Gasteiger partial charge in [-0.3, -0.25) is 4.79 Å². The summed E-state index contributed by atoms with van der Waals surface area (Å²) >= 11 is 0. The van der Waals surface area contributed by atoms with E-state index in [1.54, 1.807) is 24.3 Å². The summed E-state index contributed by atoms with van der Waals surface area (Å²) in [5.41, 5.74) is 0.823. The first-order valence-corrected chi connectivity index (χ1v) is 5.82. The van der Waals surface area contributed by atoms with Gasteiger partial charge in [0.15, 0.2) is 0 Å². The zero-order chi connectivity index (χ0) is 14.5. The molecule has 1 N–H and O–H groups in total. The van der Waals surface area contributed by atoms with Gasteiger partial charge >= 0.3 is 0 Å². The number of carbonyl (C=O) groups excluding carboxylic acids is 1. The number of nitriles is 1. The maximum atomic E-state index is 13.4. The molecule has 3 nitrogen and oxygen atoms in total. The topological polar surface area (TPSA) is 52.9 Å². The van der Waals surface area contributed by atoms with Crippen LogP contribution >= 0.6 is 0 Å². The largest absolute Gasteiger partial charge is 0.348 e. The first-order valence-electron chi connectivity index (χ1n) is 5.82. The summed E-state index contributed by atoms with van der Waals surface area (Å²) in [6, 6.07) is 11.3. The van der Waals surface area contributed by atoms with E-state index in [9.17, 15) is 13.6 Å². The van der Waals surface area contributed by atoms with Gasteiger partial charge in [0, 0.05) is 6.54 Å². The molecule has 0 saturated heterocycles. The lowest BCUT2D eigenvalue weighted by molar-refractivity contribution is 0.0946. The number of carbonyl (C=O) groups is 1. The molecule has 0 aromatic heterocycles. The second-order valence-electron chi connectivity index (χ2n) is 4.12. The Balaban J connectivity index is 2.09. The third kappa shape index (κ3) is 3.18. The summed E-state index contributed by atoms with van der Waals surface area (Å²) < 4.78 is 26.4. The highest BCUT2D eigenvalue weighted by Gasteiger charge is 2.12. The predicted octanol–water partition coefficient (Wildman–Crippen LogP) is 2.77. The second-order valence-corrected chi connectivity index (χ2v) is 4.12. The SMILES string of the molecule is N#Cc1cccc(CNC(=O)c2cc(F)ccc2F)c1. The van der Waals surface area contributed by atoms with Crippen molar-refractivity contribution >= 4 is 5.91 Å². The molecule has 2 aromatic rings. The van der Waals surface area contributed by atoms with Gasteiger partial charge < -0.3 is 5.32 Å². The molecule has 0 aliphatic heterocycles. The molecular weight excluding hydrogens is 262 g/mol. The van der Waals surface area contributed by atoms with Gasteiger partial charge in [0.2, 0.25) is 0 Å². The van der Waals surface area contributed by atoms with Crippen molar-refractivity contribution in [1.29, 1.82) is 5.26 Å². The van der Waals surface area contributed by atoms with E-state index in [-0.39, 0.29) is 12.1 Å². The average Bonchev–Trinajstić information content (AvgIpc) is 2.47. The molecule has 0 bridgehead atoms. The summed E-state index contributed by atoms with van der Waals surface area (Å²) in [5, 5.41) is 11.2. The van der Waals surface area contributed by atoms with E-state index in [2.05, 4.69) is 5.32 Å². The van der Waals surface area contributed by atoms with Crippen molar-refractivity contribution in [3.63, 3.8) is 0 Å². The lowest BCUT2D eigenvalue weighted by Crippen LogP contribution is -2.24. The Kier molecular flexibility index (Phi) is 4.06. The number of hydrogen-bond acceptors (Lipinski definition) is 2. The summed E-state index contributed by atoms with van der Waals surface area (Å²) in [4.78, 5) is 11.8. The van der Waals surface area contributed by atoms with Gasteiger partial charge in [-0.05, 0) is 35.9 Å². The monoisotopic (exact) mass is 272 g/mol. The second kappa shape index (κ2) is 5.93. The zero-order valence-electron chi connectivity index (χ0n) is 10.4. The minimum absolute atomic E-state index is 0.129. The number of hydrogen-bond donors (Lipinski definition) is 1. The molecular formula is C15H10F2N2O. The zero-order valence-corrected chi connectivity index (χ0v) is 10.4. The van der Waals surface area contributed by atoms with Gasteiger partial charge in [-0.15, -0.1) is 0 Å². The van der Waals surface area contributed by atoms with Gasteiger partial charge in [-0.1, -0.05) is 12.1 Å². The van der Waals surface area contributed by atoms with E-state index in [4.69, 9.17) is 5.26 Å². The van der Waals surface area contributed by atoms with Crippen molar-refractivity contribution in [3.8, 4) is 6.07 Å². The Morgan fingerprint density at radius 1 is 1.20 bits per heavy atom. The number of amides is 1. The summed E-state index contributed by atoms with van der Waals surface area (Å²) in [7, 11) is 0. The number of nitrogens with zero attached hydrogens (tertiary/aromatic N) is 1.